The third-order valence-electron chi connectivity index (χ3n) is 3.07. The average molecular weight is 363 g/mol. The van der Waals surface area contributed by atoms with Gasteiger partial charge in [-0.1, -0.05) is 34.1 Å². The van der Waals surface area contributed by atoms with Crippen LogP contribution in [0, 0.1) is 0 Å². The maximum absolute atomic E-state index is 12.3. The fourth-order valence-corrected chi connectivity index (χ4v) is 3.25. The molecule has 0 spiro atoms. The number of carbonyl (C=O) groups excluding carboxylic acids is 2. The molecule has 106 valence electrons. The van der Waals surface area contributed by atoms with Crippen molar-refractivity contribution in [3.63, 3.8) is 0 Å². The van der Waals surface area contributed by atoms with Crippen molar-refractivity contribution < 1.29 is 9.59 Å². The normalized spacial score (nSPS) is 17.0. The third-order valence-corrected chi connectivity index (χ3v) is 4.75. The molecular weight excluding hydrogens is 352 g/mol. The van der Waals surface area contributed by atoms with E-state index in [1.807, 2.05) is 36.4 Å². The summed E-state index contributed by atoms with van der Waals surface area (Å²) in [6, 6.07) is 11.3. The van der Waals surface area contributed by atoms with Gasteiger partial charge >= 0.3 is 0 Å². The topological polar surface area (TPSA) is 53.2 Å². The number of hydrogen-bond acceptors (Lipinski definition) is 3. The molecule has 1 aromatic heterocycles. The van der Waals surface area contributed by atoms with Crippen molar-refractivity contribution in [3.05, 3.63) is 63.2 Å². The molecule has 21 heavy (non-hydrogen) atoms. The lowest BCUT2D eigenvalue weighted by Gasteiger charge is -2.13. The second-order valence-electron chi connectivity index (χ2n) is 4.48. The Hall–Kier alpha value is -1.79. The van der Waals surface area contributed by atoms with Gasteiger partial charge in [0.15, 0.2) is 0 Å². The highest BCUT2D eigenvalue weighted by Crippen LogP contribution is 2.33. The first kappa shape index (κ1) is 14.2. The van der Waals surface area contributed by atoms with E-state index < -0.39 is 0 Å². The van der Waals surface area contributed by atoms with E-state index in [9.17, 15) is 9.59 Å². The lowest BCUT2D eigenvalue weighted by molar-refractivity contribution is -0.123. The number of benzene rings is 1. The van der Waals surface area contributed by atoms with Crippen molar-refractivity contribution >= 4 is 44.9 Å². The molecule has 1 fully saturated rings. The molecule has 2 aromatic rings. The quantitative estimate of drug-likeness (QED) is 0.839. The van der Waals surface area contributed by atoms with Crippen LogP contribution in [0.3, 0.4) is 0 Å². The third kappa shape index (κ3) is 2.96. The second kappa shape index (κ2) is 5.91. The zero-order chi connectivity index (χ0) is 14.8. The minimum atomic E-state index is -0.254. The highest BCUT2D eigenvalue weighted by atomic mass is 79.9. The Bertz CT molecular complexity index is 725. The van der Waals surface area contributed by atoms with Gasteiger partial charge < -0.3 is 4.98 Å². The number of aromatic amines is 1. The fourth-order valence-electron chi connectivity index (χ4n) is 2.01. The highest BCUT2D eigenvalue weighted by molar-refractivity contribution is 9.10. The first-order chi connectivity index (χ1) is 10.1. The summed E-state index contributed by atoms with van der Waals surface area (Å²) in [5.74, 6) is -0.254. The van der Waals surface area contributed by atoms with Crippen LogP contribution in [0.1, 0.15) is 11.3 Å². The summed E-state index contributed by atoms with van der Waals surface area (Å²) in [5, 5.41) is -0.242. The van der Waals surface area contributed by atoms with Gasteiger partial charge in [0, 0.05) is 16.4 Å². The molecular formula is C15H11BrN2O2S. The zero-order valence-corrected chi connectivity index (χ0v) is 13.3. The van der Waals surface area contributed by atoms with Gasteiger partial charge in [-0.05, 0) is 41.6 Å². The number of nitrogens with one attached hydrogen (secondary N) is 1. The molecule has 1 aromatic carbocycles. The van der Waals surface area contributed by atoms with Gasteiger partial charge in [-0.15, -0.1) is 0 Å². The first-order valence-electron chi connectivity index (χ1n) is 6.27. The Morgan fingerprint density at radius 3 is 2.71 bits per heavy atom. The molecule has 6 heteroatoms. The predicted molar refractivity (Wildman–Crippen MR) is 86.4 cm³/mol. The van der Waals surface area contributed by atoms with E-state index in [1.54, 1.807) is 12.3 Å². The summed E-state index contributed by atoms with van der Waals surface area (Å²) in [6.07, 6.45) is 3.47. The first-order valence-corrected chi connectivity index (χ1v) is 7.88. The Balaban J connectivity index is 1.83. The number of carbonyl (C=O) groups is 2. The monoisotopic (exact) mass is 362 g/mol. The van der Waals surface area contributed by atoms with Crippen LogP contribution in [-0.4, -0.2) is 21.0 Å². The molecule has 0 radical (unpaired) electrons. The highest BCUT2D eigenvalue weighted by Gasteiger charge is 2.35. The van der Waals surface area contributed by atoms with E-state index in [4.69, 9.17) is 0 Å². The number of H-pyrrole nitrogens is 1. The standard InChI is InChI=1S/C15H11BrN2O2S/c16-12-6-2-1-4-10(12)9-18-14(19)13(21-15(18)20)8-11-5-3-7-17-11/h1-8,17H,9H2/b13-8+. The Labute approximate surface area is 134 Å². The van der Waals surface area contributed by atoms with E-state index >= 15 is 0 Å². The van der Waals surface area contributed by atoms with Crippen LogP contribution >= 0.6 is 27.7 Å². The molecule has 1 saturated heterocycles. The van der Waals surface area contributed by atoms with Crippen molar-refractivity contribution in [2.45, 2.75) is 6.54 Å². The molecule has 1 N–H and O–H groups in total. The Morgan fingerprint density at radius 1 is 1.19 bits per heavy atom. The van der Waals surface area contributed by atoms with Crippen LogP contribution < -0.4 is 0 Å². The number of nitrogens with zero attached hydrogens (tertiary/aromatic N) is 1. The second-order valence-corrected chi connectivity index (χ2v) is 6.33. The van der Waals surface area contributed by atoms with Crippen LogP contribution in [0.5, 0.6) is 0 Å². The summed E-state index contributed by atoms with van der Waals surface area (Å²) in [6.45, 7) is 0.272. The summed E-state index contributed by atoms with van der Waals surface area (Å²) >= 11 is 4.40. The Kier molecular flexibility index (Phi) is 3.98. The molecule has 1 aliphatic rings. The molecule has 3 rings (SSSR count). The van der Waals surface area contributed by atoms with Crippen LogP contribution in [0.25, 0.3) is 6.08 Å². The van der Waals surface area contributed by atoms with Crippen LogP contribution in [0.4, 0.5) is 4.79 Å². The number of amides is 2. The lowest BCUT2D eigenvalue weighted by atomic mass is 10.2. The lowest BCUT2D eigenvalue weighted by Crippen LogP contribution is -2.27. The van der Waals surface area contributed by atoms with E-state index in [0.29, 0.717) is 4.91 Å². The van der Waals surface area contributed by atoms with Crippen molar-refractivity contribution in [2.75, 3.05) is 0 Å². The van der Waals surface area contributed by atoms with Gasteiger partial charge in [0.2, 0.25) is 0 Å². The zero-order valence-electron chi connectivity index (χ0n) is 10.9. The average Bonchev–Trinajstić information content (AvgIpc) is 3.05. The number of rotatable bonds is 3. The van der Waals surface area contributed by atoms with E-state index in [0.717, 1.165) is 27.5 Å². The molecule has 4 nitrogen and oxygen atoms in total. The van der Waals surface area contributed by atoms with E-state index in [-0.39, 0.29) is 17.7 Å². The molecule has 0 bridgehead atoms. The number of hydrogen-bond donors (Lipinski definition) is 1. The van der Waals surface area contributed by atoms with Crippen molar-refractivity contribution in [1.29, 1.82) is 0 Å². The summed E-state index contributed by atoms with van der Waals surface area (Å²) < 4.78 is 0.886. The molecule has 2 heterocycles. The summed E-state index contributed by atoms with van der Waals surface area (Å²) in [5.41, 5.74) is 1.71. The molecule has 0 aliphatic carbocycles. The van der Waals surface area contributed by atoms with E-state index in [1.165, 1.54) is 4.90 Å². The van der Waals surface area contributed by atoms with Crippen LogP contribution in [0.15, 0.2) is 52.0 Å². The predicted octanol–water partition coefficient (Wildman–Crippen LogP) is 4.01. The number of thioether (sulfide) groups is 1. The maximum Gasteiger partial charge on any atom is 0.293 e. The molecule has 2 amide bonds. The van der Waals surface area contributed by atoms with Crippen molar-refractivity contribution in [2.24, 2.45) is 0 Å². The number of aromatic nitrogens is 1. The SMILES string of the molecule is O=C1S/C(=C/c2ccc[nH]2)C(=O)N1Cc1ccccc1Br. The van der Waals surface area contributed by atoms with Gasteiger partial charge in [-0.2, -0.15) is 0 Å². The van der Waals surface area contributed by atoms with Crippen molar-refractivity contribution in [3.8, 4) is 0 Å². The van der Waals surface area contributed by atoms with Crippen molar-refractivity contribution in [1.82, 2.24) is 9.88 Å². The van der Waals surface area contributed by atoms with Crippen LogP contribution in [-0.2, 0) is 11.3 Å². The van der Waals surface area contributed by atoms with Gasteiger partial charge in [-0.3, -0.25) is 14.5 Å². The number of imide groups is 1. The number of halogens is 1. The fraction of sp³-hybridized carbons (Fsp3) is 0.0667. The Morgan fingerprint density at radius 2 is 2.00 bits per heavy atom. The smallest absolute Gasteiger partial charge is 0.293 e. The molecule has 1 aliphatic heterocycles. The molecule has 0 atom stereocenters. The summed E-state index contributed by atoms with van der Waals surface area (Å²) in [4.78, 5) is 29.1. The summed E-state index contributed by atoms with van der Waals surface area (Å²) in [7, 11) is 0. The van der Waals surface area contributed by atoms with Gasteiger partial charge in [-0.25, -0.2) is 0 Å². The van der Waals surface area contributed by atoms with Gasteiger partial charge in [0.25, 0.3) is 11.1 Å². The molecule has 0 unspecified atom stereocenters. The minimum absolute atomic E-state index is 0.242. The largest absolute Gasteiger partial charge is 0.362 e. The van der Waals surface area contributed by atoms with E-state index in [2.05, 4.69) is 20.9 Å². The maximum atomic E-state index is 12.3. The van der Waals surface area contributed by atoms with Gasteiger partial charge in [0.05, 0.1) is 11.4 Å². The molecule has 0 saturated carbocycles. The minimum Gasteiger partial charge on any atom is -0.362 e. The van der Waals surface area contributed by atoms with Crippen LogP contribution in [0.2, 0.25) is 0 Å². The van der Waals surface area contributed by atoms with Gasteiger partial charge in [0.1, 0.15) is 0 Å².